The van der Waals surface area contributed by atoms with Crippen LogP contribution in [0.3, 0.4) is 0 Å². The third kappa shape index (κ3) is 8.02. The average molecular weight is 173 g/mol. The van der Waals surface area contributed by atoms with E-state index in [2.05, 4.69) is 19.2 Å². The minimum Gasteiger partial charge on any atom is -0.377 e. The molecule has 2 heteroatoms. The van der Waals surface area contributed by atoms with E-state index in [1.165, 1.54) is 19.3 Å². The standard InChI is InChI=1S/C10H23NO/c1-4-6-7-8-11-9-10(3)12-5-2/h10-11H,4-9H2,1-3H3. The number of hydrogen-bond donors (Lipinski definition) is 1. The Labute approximate surface area is 76.7 Å². The maximum atomic E-state index is 5.39. The Kier molecular flexibility index (Phi) is 8.95. The SMILES string of the molecule is CCCCCNCC(C)OCC. The summed E-state index contributed by atoms with van der Waals surface area (Å²) in [4.78, 5) is 0. The first-order chi connectivity index (χ1) is 5.81. The maximum absolute atomic E-state index is 5.39. The van der Waals surface area contributed by atoms with E-state index in [-0.39, 0.29) is 0 Å². The second-order valence-corrected chi connectivity index (χ2v) is 3.18. The quantitative estimate of drug-likeness (QED) is 0.568. The molecule has 0 amide bonds. The topological polar surface area (TPSA) is 21.3 Å². The van der Waals surface area contributed by atoms with Crippen LogP contribution in [-0.4, -0.2) is 25.8 Å². The van der Waals surface area contributed by atoms with Crippen molar-refractivity contribution >= 4 is 0 Å². The number of ether oxygens (including phenoxy) is 1. The lowest BCUT2D eigenvalue weighted by Crippen LogP contribution is -2.27. The number of unbranched alkanes of at least 4 members (excludes halogenated alkanes) is 2. The first kappa shape index (κ1) is 11.9. The van der Waals surface area contributed by atoms with Gasteiger partial charge >= 0.3 is 0 Å². The van der Waals surface area contributed by atoms with E-state index in [1.54, 1.807) is 0 Å². The van der Waals surface area contributed by atoms with Crippen molar-refractivity contribution in [2.45, 2.75) is 46.1 Å². The van der Waals surface area contributed by atoms with E-state index in [4.69, 9.17) is 4.74 Å². The van der Waals surface area contributed by atoms with Gasteiger partial charge in [0.05, 0.1) is 6.10 Å². The van der Waals surface area contributed by atoms with Crippen LogP contribution in [0.25, 0.3) is 0 Å². The lowest BCUT2D eigenvalue weighted by atomic mass is 10.2. The normalized spacial score (nSPS) is 13.2. The van der Waals surface area contributed by atoms with Gasteiger partial charge < -0.3 is 10.1 Å². The zero-order chi connectivity index (χ0) is 9.23. The minimum atomic E-state index is 0.358. The van der Waals surface area contributed by atoms with Crippen LogP contribution in [0.1, 0.15) is 40.0 Å². The van der Waals surface area contributed by atoms with Crippen molar-refractivity contribution in [2.24, 2.45) is 0 Å². The molecule has 0 aromatic rings. The molecular weight excluding hydrogens is 150 g/mol. The highest BCUT2D eigenvalue weighted by Gasteiger charge is 1.98. The highest BCUT2D eigenvalue weighted by atomic mass is 16.5. The third-order valence-electron chi connectivity index (χ3n) is 1.84. The zero-order valence-electron chi connectivity index (χ0n) is 8.73. The van der Waals surface area contributed by atoms with Crippen LogP contribution in [0, 0.1) is 0 Å². The summed E-state index contributed by atoms with van der Waals surface area (Å²) in [5.74, 6) is 0. The van der Waals surface area contributed by atoms with Crippen molar-refractivity contribution in [3.8, 4) is 0 Å². The molecule has 0 aliphatic carbocycles. The predicted molar refractivity (Wildman–Crippen MR) is 53.5 cm³/mol. The van der Waals surface area contributed by atoms with Crippen molar-refractivity contribution in [1.29, 1.82) is 0 Å². The second-order valence-electron chi connectivity index (χ2n) is 3.18. The lowest BCUT2D eigenvalue weighted by Gasteiger charge is -2.11. The van der Waals surface area contributed by atoms with Gasteiger partial charge in [-0.2, -0.15) is 0 Å². The number of hydrogen-bond acceptors (Lipinski definition) is 2. The van der Waals surface area contributed by atoms with Crippen molar-refractivity contribution in [3.63, 3.8) is 0 Å². The van der Waals surface area contributed by atoms with Gasteiger partial charge in [0, 0.05) is 13.2 Å². The van der Waals surface area contributed by atoms with Crippen LogP contribution in [0.4, 0.5) is 0 Å². The molecule has 0 bridgehead atoms. The Morgan fingerprint density at radius 2 is 2.00 bits per heavy atom. The van der Waals surface area contributed by atoms with E-state index < -0.39 is 0 Å². The van der Waals surface area contributed by atoms with Gasteiger partial charge in [0.1, 0.15) is 0 Å². The molecule has 0 saturated heterocycles. The van der Waals surface area contributed by atoms with Crippen LogP contribution in [0.2, 0.25) is 0 Å². The fraction of sp³-hybridized carbons (Fsp3) is 1.00. The molecule has 12 heavy (non-hydrogen) atoms. The number of nitrogens with one attached hydrogen (secondary N) is 1. The molecule has 0 aromatic carbocycles. The molecule has 1 N–H and O–H groups in total. The lowest BCUT2D eigenvalue weighted by molar-refractivity contribution is 0.0762. The van der Waals surface area contributed by atoms with Crippen LogP contribution in [0.5, 0.6) is 0 Å². The molecule has 74 valence electrons. The monoisotopic (exact) mass is 173 g/mol. The summed E-state index contributed by atoms with van der Waals surface area (Å²) in [5, 5.41) is 3.38. The Bertz CT molecular complexity index is 85.9. The highest BCUT2D eigenvalue weighted by Crippen LogP contribution is 1.92. The first-order valence-corrected chi connectivity index (χ1v) is 5.13. The predicted octanol–water partition coefficient (Wildman–Crippen LogP) is 2.19. The Morgan fingerprint density at radius 1 is 1.25 bits per heavy atom. The Hall–Kier alpha value is -0.0800. The van der Waals surface area contributed by atoms with Gasteiger partial charge in [0.2, 0.25) is 0 Å². The molecule has 2 nitrogen and oxygen atoms in total. The van der Waals surface area contributed by atoms with Gasteiger partial charge in [-0.1, -0.05) is 19.8 Å². The van der Waals surface area contributed by atoms with Gasteiger partial charge in [-0.05, 0) is 26.8 Å². The average Bonchev–Trinajstić information content (AvgIpc) is 2.05. The van der Waals surface area contributed by atoms with Crippen LogP contribution >= 0.6 is 0 Å². The summed E-state index contributed by atoms with van der Waals surface area (Å²) in [6.45, 7) is 9.30. The molecular formula is C10H23NO. The highest BCUT2D eigenvalue weighted by molar-refractivity contribution is 4.54. The zero-order valence-corrected chi connectivity index (χ0v) is 8.73. The van der Waals surface area contributed by atoms with Gasteiger partial charge in [-0.25, -0.2) is 0 Å². The van der Waals surface area contributed by atoms with Gasteiger partial charge in [-0.15, -0.1) is 0 Å². The van der Waals surface area contributed by atoms with Crippen molar-refractivity contribution in [2.75, 3.05) is 19.7 Å². The molecule has 0 rings (SSSR count). The minimum absolute atomic E-state index is 0.358. The molecule has 0 aromatic heterocycles. The Morgan fingerprint density at radius 3 is 2.58 bits per heavy atom. The molecule has 1 unspecified atom stereocenters. The van der Waals surface area contributed by atoms with Gasteiger partial charge in [0.15, 0.2) is 0 Å². The van der Waals surface area contributed by atoms with E-state index >= 15 is 0 Å². The summed E-state index contributed by atoms with van der Waals surface area (Å²) in [6, 6.07) is 0. The Balaban J connectivity index is 2.97. The molecule has 0 aliphatic rings. The van der Waals surface area contributed by atoms with Crippen LogP contribution in [-0.2, 0) is 4.74 Å². The summed E-state index contributed by atoms with van der Waals surface area (Å²) < 4.78 is 5.39. The summed E-state index contributed by atoms with van der Waals surface area (Å²) in [5.41, 5.74) is 0. The van der Waals surface area contributed by atoms with Crippen LogP contribution in [0.15, 0.2) is 0 Å². The molecule has 0 heterocycles. The molecule has 0 fully saturated rings. The summed E-state index contributed by atoms with van der Waals surface area (Å²) >= 11 is 0. The molecule has 0 spiro atoms. The largest absolute Gasteiger partial charge is 0.377 e. The first-order valence-electron chi connectivity index (χ1n) is 5.13. The third-order valence-corrected chi connectivity index (χ3v) is 1.84. The molecule has 0 aliphatic heterocycles. The van der Waals surface area contributed by atoms with Gasteiger partial charge in [-0.3, -0.25) is 0 Å². The van der Waals surface area contributed by atoms with E-state index in [0.717, 1.165) is 19.7 Å². The summed E-state index contributed by atoms with van der Waals surface area (Å²) in [7, 11) is 0. The van der Waals surface area contributed by atoms with E-state index in [1.807, 2.05) is 6.92 Å². The van der Waals surface area contributed by atoms with Crippen LogP contribution < -0.4 is 5.32 Å². The fourth-order valence-electron chi connectivity index (χ4n) is 1.15. The molecule has 0 saturated carbocycles. The molecule has 0 radical (unpaired) electrons. The maximum Gasteiger partial charge on any atom is 0.0671 e. The summed E-state index contributed by atoms with van der Waals surface area (Å²) in [6.07, 6.45) is 4.27. The van der Waals surface area contributed by atoms with Gasteiger partial charge in [0.25, 0.3) is 0 Å². The van der Waals surface area contributed by atoms with Crippen molar-refractivity contribution in [3.05, 3.63) is 0 Å². The fourth-order valence-corrected chi connectivity index (χ4v) is 1.15. The van der Waals surface area contributed by atoms with E-state index in [0.29, 0.717) is 6.10 Å². The second kappa shape index (κ2) is 9.01. The number of rotatable bonds is 8. The molecule has 1 atom stereocenters. The van der Waals surface area contributed by atoms with Crippen molar-refractivity contribution in [1.82, 2.24) is 5.32 Å². The van der Waals surface area contributed by atoms with E-state index in [9.17, 15) is 0 Å². The van der Waals surface area contributed by atoms with Crippen molar-refractivity contribution < 1.29 is 4.74 Å². The smallest absolute Gasteiger partial charge is 0.0671 e.